The molecule has 0 aliphatic carbocycles. The molecule has 1 heterocycles. The highest BCUT2D eigenvalue weighted by Gasteiger charge is 2.23. The number of nitrogens with one attached hydrogen (secondary N) is 1. The molecule has 0 aliphatic heterocycles. The molecule has 0 atom stereocenters. The van der Waals surface area contributed by atoms with Gasteiger partial charge in [-0.25, -0.2) is 4.68 Å². The van der Waals surface area contributed by atoms with Gasteiger partial charge in [0.2, 0.25) is 0 Å². The van der Waals surface area contributed by atoms with Crippen molar-refractivity contribution in [2.75, 3.05) is 0 Å². The van der Waals surface area contributed by atoms with Gasteiger partial charge in [0.15, 0.2) is 5.69 Å². The average Bonchev–Trinajstić information content (AvgIpc) is 2.95. The lowest BCUT2D eigenvalue weighted by molar-refractivity contribution is -0.137. The van der Waals surface area contributed by atoms with Crippen molar-refractivity contribution in [3.63, 3.8) is 0 Å². The van der Waals surface area contributed by atoms with Crippen molar-refractivity contribution in [3.8, 4) is 5.69 Å². The van der Waals surface area contributed by atoms with E-state index in [-0.39, 0.29) is 18.0 Å². The summed E-state index contributed by atoms with van der Waals surface area (Å²) in [5.74, 6) is -1.21. The summed E-state index contributed by atoms with van der Waals surface area (Å²) in [7, 11) is 0. The average molecular weight is 380 g/mol. The van der Waals surface area contributed by atoms with Gasteiger partial charge >= 0.3 is 5.97 Å². The van der Waals surface area contributed by atoms with E-state index in [9.17, 15) is 9.59 Å². The summed E-state index contributed by atoms with van der Waals surface area (Å²) in [6, 6.07) is 9.20. The van der Waals surface area contributed by atoms with Crippen molar-refractivity contribution in [1.82, 2.24) is 15.1 Å². The highest BCUT2D eigenvalue weighted by molar-refractivity contribution is 9.10. The van der Waals surface area contributed by atoms with Crippen LogP contribution >= 0.6 is 15.9 Å². The second-order valence-electron chi connectivity index (χ2n) is 5.86. The van der Waals surface area contributed by atoms with Crippen LogP contribution in [0.25, 0.3) is 5.69 Å². The number of carboxylic acids is 1. The highest BCUT2D eigenvalue weighted by atomic mass is 79.9. The molecule has 2 N–H and O–H groups in total. The Labute approximate surface area is 142 Å². The molecule has 122 valence electrons. The fourth-order valence-electron chi connectivity index (χ4n) is 2.06. The van der Waals surface area contributed by atoms with Crippen molar-refractivity contribution in [1.29, 1.82) is 0 Å². The SMILES string of the molecule is CC(C)(CCC(=O)O)NC(=O)c1ccn(-c2cccc(Br)c2)n1. The smallest absolute Gasteiger partial charge is 0.303 e. The van der Waals surface area contributed by atoms with E-state index in [2.05, 4.69) is 26.3 Å². The third-order valence-electron chi connectivity index (χ3n) is 3.31. The lowest BCUT2D eigenvalue weighted by atomic mass is 9.98. The molecule has 6 nitrogen and oxygen atoms in total. The number of aromatic nitrogens is 2. The van der Waals surface area contributed by atoms with Gasteiger partial charge in [-0.15, -0.1) is 0 Å². The first-order valence-corrected chi connectivity index (χ1v) is 7.92. The molecule has 1 aromatic carbocycles. The zero-order valence-corrected chi connectivity index (χ0v) is 14.5. The Bertz CT molecular complexity index is 725. The first-order chi connectivity index (χ1) is 10.8. The molecule has 0 aliphatic rings. The van der Waals surface area contributed by atoms with Crippen LogP contribution < -0.4 is 5.32 Å². The Morgan fingerprint density at radius 2 is 2.09 bits per heavy atom. The molecule has 0 unspecified atom stereocenters. The molecule has 2 aromatic rings. The summed E-state index contributed by atoms with van der Waals surface area (Å²) in [5, 5.41) is 15.8. The van der Waals surface area contributed by atoms with Crippen LogP contribution in [0.15, 0.2) is 41.0 Å². The lowest BCUT2D eigenvalue weighted by Crippen LogP contribution is -2.43. The van der Waals surface area contributed by atoms with Crippen LogP contribution in [0.1, 0.15) is 37.2 Å². The van der Waals surface area contributed by atoms with Gasteiger partial charge in [0.05, 0.1) is 5.69 Å². The van der Waals surface area contributed by atoms with E-state index in [4.69, 9.17) is 5.11 Å². The van der Waals surface area contributed by atoms with Crippen molar-refractivity contribution in [2.45, 2.75) is 32.2 Å². The standard InChI is InChI=1S/C16H18BrN3O3/c1-16(2,8-6-14(21)22)18-15(23)13-7-9-20(19-13)12-5-3-4-11(17)10-12/h3-5,7,9-10H,6,8H2,1-2H3,(H,18,23)(H,21,22). The summed E-state index contributed by atoms with van der Waals surface area (Å²) in [6.07, 6.45) is 2.06. The number of hydrogen-bond acceptors (Lipinski definition) is 3. The van der Waals surface area contributed by atoms with Gasteiger partial charge < -0.3 is 10.4 Å². The zero-order valence-electron chi connectivity index (χ0n) is 12.9. The van der Waals surface area contributed by atoms with E-state index in [1.54, 1.807) is 30.8 Å². The third kappa shape index (κ3) is 4.92. The number of amides is 1. The molecule has 0 saturated carbocycles. The van der Waals surface area contributed by atoms with E-state index >= 15 is 0 Å². The minimum Gasteiger partial charge on any atom is -0.481 e. The molecular weight excluding hydrogens is 362 g/mol. The van der Waals surface area contributed by atoms with Gasteiger partial charge in [-0.1, -0.05) is 22.0 Å². The van der Waals surface area contributed by atoms with Gasteiger partial charge in [-0.2, -0.15) is 5.10 Å². The van der Waals surface area contributed by atoms with E-state index in [0.717, 1.165) is 10.2 Å². The molecule has 23 heavy (non-hydrogen) atoms. The van der Waals surface area contributed by atoms with E-state index in [1.165, 1.54) is 0 Å². The molecular formula is C16H18BrN3O3. The van der Waals surface area contributed by atoms with Crippen LogP contribution in [-0.2, 0) is 4.79 Å². The fraction of sp³-hybridized carbons (Fsp3) is 0.312. The number of hydrogen-bond donors (Lipinski definition) is 2. The Balaban J connectivity index is 2.08. The van der Waals surface area contributed by atoms with Crippen LogP contribution in [0.3, 0.4) is 0 Å². The maximum Gasteiger partial charge on any atom is 0.303 e. The summed E-state index contributed by atoms with van der Waals surface area (Å²) in [6.45, 7) is 3.58. The molecule has 1 aromatic heterocycles. The number of carbonyl (C=O) groups is 2. The summed E-state index contributed by atoms with van der Waals surface area (Å²) in [4.78, 5) is 22.9. The Hall–Kier alpha value is -2.15. The molecule has 0 spiro atoms. The first kappa shape index (κ1) is 17.2. The van der Waals surface area contributed by atoms with Gasteiger partial charge in [0.1, 0.15) is 0 Å². The number of carboxylic acid groups (broad SMARTS) is 1. The van der Waals surface area contributed by atoms with Crippen molar-refractivity contribution in [2.24, 2.45) is 0 Å². The second kappa shape index (κ2) is 6.95. The van der Waals surface area contributed by atoms with Gasteiger partial charge in [0, 0.05) is 22.6 Å². The molecule has 1 amide bonds. The van der Waals surface area contributed by atoms with Crippen molar-refractivity contribution >= 4 is 27.8 Å². The molecule has 7 heteroatoms. The van der Waals surface area contributed by atoms with Crippen LogP contribution in [0.4, 0.5) is 0 Å². The van der Waals surface area contributed by atoms with Gasteiger partial charge in [-0.3, -0.25) is 9.59 Å². The van der Waals surface area contributed by atoms with Crippen LogP contribution in [0.2, 0.25) is 0 Å². The number of benzene rings is 1. The predicted octanol–water partition coefficient (Wildman–Crippen LogP) is 3.01. The van der Waals surface area contributed by atoms with E-state index in [1.807, 2.05) is 24.3 Å². The topological polar surface area (TPSA) is 84.2 Å². The molecule has 0 saturated heterocycles. The van der Waals surface area contributed by atoms with Crippen molar-refractivity contribution in [3.05, 3.63) is 46.7 Å². The quantitative estimate of drug-likeness (QED) is 0.807. The Morgan fingerprint density at radius 1 is 1.35 bits per heavy atom. The highest BCUT2D eigenvalue weighted by Crippen LogP contribution is 2.16. The lowest BCUT2D eigenvalue weighted by Gasteiger charge is -2.25. The molecule has 0 fully saturated rings. The minimum atomic E-state index is -0.883. The first-order valence-electron chi connectivity index (χ1n) is 7.13. The summed E-state index contributed by atoms with van der Waals surface area (Å²) in [5.41, 5.74) is 0.506. The van der Waals surface area contributed by atoms with Crippen LogP contribution in [-0.4, -0.2) is 32.3 Å². The molecule has 0 radical (unpaired) electrons. The number of nitrogens with zero attached hydrogens (tertiary/aromatic N) is 2. The second-order valence-corrected chi connectivity index (χ2v) is 6.77. The zero-order chi connectivity index (χ0) is 17.0. The minimum absolute atomic E-state index is 0.000235. The van der Waals surface area contributed by atoms with Crippen LogP contribution in [0.5, 0.6) is 0 Å². The predicted molar refractivity (Wildman–Crippen MR) is 89.7 cm³/mol. The number of halogens is 1. The molecule has 2 rings (SSSR count). The Morgan fingerprint density at radius 3 is 2.74 bits per heavy atom. The summed E-state index contributed by atoms with van der Waals surface area (Å²) >= 11 is 3.40. The van der Waals surface area contributed by atoms with Crippen LogP contribution in [0, 0.1) is 0 Å². The fourth-order valence-corrected chi connectivity index (χ4v) is 2.45. The van der Waals surface area contributed by atoms with E-state index < -0.39 is 11.5 Å². The number of carbonyl (C=O) groups excluding carboxylic acids is 1. The van der Waals surface area contributed by atoms with E-state index in [0.29, 0.717) is 6.42 Å². The number of rotatable bonds is 6. The van der Waals surface area contributed by atoms with Gasteiger partial charge in [-0.05, 0) is 44.5 Å². The van der Waals surface area contributed by atoms with Crippen molar-refractivity contribution < 1.29 is 14.7 Å². The monoisotopic (exact) mass is 379 g/mol. The summed E-state index contributed by atoms with van der Waals surface area (Å²) < 4.78 is 2.54. The maximum absolute atomic E-state index is 12.3. The third-order valence-corrected chi connectivity index (χ3v) is 3.80. The number of aliphatic carboxylic acids is 1. The normalized spacial score (nSPS) is 11.3. The maximum atomic E-state index is 12.3. The Kier molecular flexibility index (Phi) is 5.20. The molecule has 0 bridgehead atoms. The largest absolute Gasteiger partial charge is 0.481 e. The van der Waals surface area contributed by atoms with Gasteiger partial charge in [0.25, 0.3) is 5.91 Å².